The van der Waals surface area contributed by atoms with E-state index >= 15 is 0 Å². The highest BCUT2D eigenvalue weighted by atomic mass is 79.9. The number of nitrogens with one attached hydrogen (secondary N) is 1. The molecule has 20 heavy (non-hydrogen) atoms. The van der Waals surface area contributed by atoms with E-state index in [0.717, 1.165) is 21.2 Å². The first kappa shape index (κ1) is 16.7. The Kier molecular flexibility index (Phi) is 7.23. The molecule has 0 spiro atoms. The molecule has 1 aliphatic rings. The summed E-state index contributed by atoms with van der Waals surface area (Å²) in [5, 5.41) is 5.18. The third-order valence-corrected chi connectivity index (χ3v) is 6.36. The summed E-state index contributed by atoms with van der Waals surface area (Å²) in [6, 6.07) is 6.68. The molecule has 0 radical (unpaired) electrons. The first-order chi connectivity index (χ1) is 9.69. The molecule has 0 bridgehead atoms. The molecule has 1 nitrogen and oxygen atoms in total. The van der Waals surface area contributed by atoms with Crippen LogP contribution in [-0.2, 0) is 6.42 Å². The lowest BCUT2D eigenvalue weighted by Crippen LogP contribution is -2.31. The second-order valence-corrected chi connectivity index (χ2v) is 8.18. The van der Waals surface area contributed by atoms with Gasteiger partial charge in [-0.2, -0.15) is 11.8 Å². The molecule has 2 rings (SSSR count). The fourth-order valence-corrected chi connectivity index (χ4v) is 4.89. The average molecular weight is 377 g/mol. The molecule has 1 unspecified atom stereocenters. The van der Waals surface area contributed by atoms with E-state index < -0.39 is 0 Å². The summed E-state index contributed by atoms with van der Waals surface area (Å²) in [6.07, 6.45) is 8.07. The highest BCUT2D eigenvalue weighted by molar-refractivity contribution is 9.10. The molecule has 0 amide bonds. The first-order valence-corrected chi connectivity index (χ1v) is 9.64. The van der Waals surface area contributed by atoms with Crippen LogP contribution in [0.5, 0.6) is 0 Å². The summed E-state index contributed by atoms with van der Waals surface area (Å²) in [5.74, 6) is 1.17. The summed E-state index contributed by atoms with van der Waals surface area (Å²) in [6.45, 7) is 0. The van der Waals surface area contributed by atoms with Crippen molar-refractivity contribution >= 4 is 39.3 Å². The Bertz CT molecular complexity index is 421. The minimum absolute atomic E-state index is 0.501. The van der Waals surface area contributed by atoms with E-state index in [1.807, 2.05) is 6.07 Å². The average Bonchev–Trinajstić information content (AvgIpc) is 2.46. The maximum atomic E-state index is 6.31. The van der Waals surface area contributed by atoms with Crippen molar-refractivity contribution in [2.75, 3.05) is 12.8 Å². The van der Waals surface area contributed by atoms with Crippen molar-refractivity contribution in [3.8, 4) is 0 Å². The summed E-state index contributed by atoms with van der Waals surface area (Å²) in [4.78, 5) is 0. The molecule has 1 fully saturated rings. The Morgan fingerprint density at radius 2 is 2.10 bits per heavy atom. The molecule has 0 heterocycles. The SMILES string of the molecule is CNC(CSC1CCCCC1)Cc1ccc(Br)cc1Cl. The normalized spacial score (nSPS) is 18.1. The number of hydrogen-bond acceptors (Lipinski definition) is 2. The van der Waals surface area contributed by atoms with Crippen LogP contribution in [-0.4, -0.2) is 24.1 Å². The van der Waals surface area contributed by atoms with E-state index in [0.29, 0.717) is 6.04 Å². The fourth-order valence-electron chi connectivity index (χ4n) is 2.68. The smallest absolute Gasteiger partial charge is 0.0449 e. The second-order valence-electron chi connectivity index (χ2n) is 5.52. The van der Waals surface area contributed by atoms with Crippen molar-refractivity contribution in [1.82, 2.24) is 5.32 Å². The molecule has 1 N–H and O–H groups in total. The van der Waals surface area contributed by atoms with Gasteiger partial charge in [0, 0.05) is 26.5 Å². The van der Waals surface area contributed by atoms with E-state index in [9.17, 15) is 0 Å². The van der Waals surface area contributed by atoms with Gasteiger partial charge in [-0.15, -0.1) is 0 Å². The van der Waals surface area contributed by atoms with Gasteiger partial charge in [-0.1, -0.05) is 52.9 Å². The molecule has 112 valence electrons. The van der Waals surface area contributed by atoms with Gasteiger partial charge in [0.25, 0.3) is 0 Å². The van der Waals surface area contributed by atoms with Gasteiger partial charge in [0.15, 0.2) is 0 Å². The van der Waals surface area contributed by atoms with Crippen molar-refractivity contribution in [2.24, 2.45) is 0 Å². The third-order valence-electron chi connectivity index (χ3n) is 3.97. The van der Waals surface area contributed by atoms with E-state index in [-0.39, 0.29) is 0 Å². The van der Waals surface area contributed by atoms with E-state index in [2.05, 4.69) is 52.2 Å². The number of benzene rings is 1. The zero-order chi connectivity index (χ0) is 14.4. The van der Waals surface area contributed by atoms with Crippen LogP contribution in [0.25, 0.3) is 0 Å². The summed E-state index contributed by atoms with van der Waals surface area (Å²) < 4.78 is 1.05. The highest BCUT2D eigenvalue weighted by Crippen LogP contribution is 2.29. The number of rotatable bonds is 6. The minimum atomic E-state index is 0.501. The lowest BCUT2D eigenvalue weighted by atomic mass is 10.0. The Labute approximate surface area is 140 Å². The summed E-state index contributed by atoms with van der Waals surface area (Å²) in [7, 11) is 2.05. The Hall–Kier alpha value is 0.300. The molecule has 1 aromatic carbocycles. The minimum Gasteiger partial charge on any atom is -0.316 e. The van der Waals surface area contributed by atoms with E-state index in [4.69, 9.17) is 11.6 Å². The molecule has 1 saturated carbocycles. The van der Waals surface area contributed by atoms with Crippen molar-refractivity contribution < 1.29 is 0 Å². The first-order valence-electron chi connectivity index (χ1n) is 7.42. The predicted octanol–water partition coefficient (Wildman–Crippen LogP) is 5.30. The van der Waals surface area contributed by atoms with Gasteiger partial charge in [0.05, 0.1) is 0 Å². The summed E-state index contributed by atoms with van der Waals surface area (Å²) >= 11 is 11.9. The maximum absolute atomic E-state index is 6.31. The molecular weight excluding hydrogens is 354 g/mol. The van der Waals surface area contributed by atoms with Gasteiger partial charge >= 0.3 is 0 Å². The second kappa shape index (κ2) is 8.67. The molecule has 0 saturated heterocycles. The number of hydrogen-bond donors (Lipinski definition) is 1. The van der Waals surface area contributed by atoms with Crippen molar-refractivity contribution in [2.45, 2.75) is 49.8 Å². The van der Waals surface area contributed by atoms with Crippen molar-refractivity contribution in [1.29, 1.82) is 0 Å². The van der Waals surface area contributed by atoms with Crippen LogP contribution in [0.1, 0.15) is 37.7 Å². The molecule has 0 aromatic heterocycles. The molecule has 1 aromatic rings. The zero-order valence-corrected chi connectivity index (χ0v) is 15.2. The van der Waals surface area contributed by atoms with Crippen LogP contribution < -0.4 is 5.32 Å². The van der Waals surface area contributed by atoms with E-state index in [1.54, 1.807) is 0 Å². The molecule has 4 heteroatoms. The number of likely N-dealkylation sites (N-methyl/N-ethyl adjacent to an activating group) is 1. The monoisotopic (exact) mass is 375 g/mol. The summed E-state index contributed by atoms with van der Waals surface area (Å²) in [5.41, 5.74) is 1.23. The van der Waals surface area contributed by atoms with Gasteiger partial charge in [-0.3, -0.25) is 0 Å². The Balaban J connectivity index is 1.84. The lowest BCUT2D eigenvalue weighted by molar-refractivity contribution is 0.514. The van der Waals surface area contributed by atoms with E-state index in [1.165, 1.54) is 43.4 Å². The number of halogens is 2. The predicted molar refractivity (Wildman–Crippen MR) is 95.0 cm³/mol. The highest BCUT2D eigenvalue weighted by Gasteiger charge is 2.17. The van der Waals surface area contributed by atoms with Crippen LogP contribution in [0.15, 0.2) is 22.7 Å². The van der Waals surface area contributed by atoms with Crippen LogP contribution in [0.4, 0.5) is 0 Å². The number of thioether (sulfide) groups is 1. The van der Waals surface area contributed by atoms with Crippen molar-refractivity contribution in [3.63, 3.8) is 0 Å². The van der Waals surface area contributed by atoms with Gasteiger partial charge < -0.3 is 5.32 Å². The lowest BCUT2D eigenvalue weighted by Gasteiger charge is -2.24. The van der Waals surface area contributed by atoms with Crippen LogP contribution in [0, 0.1) is 0 Å². The van der Waals surface area contributed by atoms with Gasteiger partial charge in [0.2, 0.25) is 0 Å². The third kappa shape index (κ3) is 5.25. The molecule has 1 atom stereocenters. The standard InChI is InChI=1S/C16H23BrClNS/c1-19-14(11-20-15-5-3-2-4-6-15)9-12-7-8-13(17)10-16(12)18/h7-8,10,14-15,19H,2-6,9,11H2,1H3. The van der Waals surface area contributed by atoms with Crippen molar-refractivity contribution in [3.05, 3.63) is 33.3 Å². The molecule has 1 aliphatic carbocycles. The van der Waals surface area contributed by atoms with Gasteiger partial charge in [-0.05, 0) is 44.0 Å². The maximum Gasteiger partial charge on any atom is 0.0449 e. The Morgan fingerprint density at radius 1 is 1.35 bits per heavy atom. The van der Waals surface area contributed by atoms with Gasteiger partial charge in [-0.25, -0.2) is 0 Å². The van der Waals surface area contributed by atoms with Crippen LogP contribution in [0.2, 0.25) is 5.02 Å². The zero-order valence-electron chi connectivity index (χ0n) is 12.0. The quantitative estimate of drug-likeness (QED) is 0.723. The largest absolute Gasteiger partial charge is 0.316 e. The Morgan fingerprint density at radius 3 is 2.75 bits per heavy atom. The van der Waals surface area contributed by atoms with Gasteiger partial charge in [0.1, 0.15) is 0 Å². The topological polar surface area (TPSA) is 12.0 Å². The van der Waals surface area contributed by atoms with Crippen LogP contribution >= 0.6 is 39.3 Å². The van der Waals surface area contributed by atoms with Crippen LogP contribution in [0.3, 0.4) is 0 Å². The molecule has 0 aliphatic heterocycles. The fraction of sp³-hybridized carbons (Fsp3) is 0.625. The molecular formula is C16H23BrClNS.